The number of hydrogen-bond donors (Lipinski definition) is 2. The number of nitrogens with one attached hydrogen (secondary N) is 2. The molecule has 0 radical (unpaired) electrons. The maximum atomic E-state index is 12.3. The van der Waals surface area contributed by atoms with Gasteiger partial charge < -0.3 is 10.6 Å². The molecule has 1 aliphatic rings. The number of amides is 1. The van der Waals surface area contributed by atoms with E-state index >= 15 is 0 Å². The van der Waals surface area contributed by atoms with E-state index in [1.165, 1.54) is 0 Å². The van der Waals surface area contributed by atoms with Crippen LogP contribution in [-0.2, 0) is 4.79 Å². The summed E-state index contributed by atoms with van der Waals surface area (Å²) >= 11 is 1.69. The highest BCUT2D eigenvalue weighted by atomic mass is 32.2. The third-order valence-electron chi connectivity index (χ3n) is 3.40. The van der Waals surface area contributed by atoms with E-state index in [1.54, 1.807) is 11.8 Å². The molecule has 0 aromatic carbocycles. The lowest BCUT2D eigenvalue weighted by Crippen LogP contribution is -2.50. The Kier molecular flexibility index (Phi) is 7.22. The van der Waals surface area contributed by atoms with Crippen LogP contribution in [0.15, 0.2) is 0 Å². The van der Waals surface area contributed by atoms with Gasteiger partial charge in [0.2, 0.25) is 5.91 Å². The van der Waals surface area contributed by atoms with Gasteiger partial charge in [-0.2, -0.15) is 0 Å². The molecule has 1 aliphatic heterocycles. The van der Waals surface area contributed by atoms with Crippen molar-refractivity contribution in [3.05, 3.63) is 0 Å². The number of rotatable bonds is 7. The quantitative estimate of drug-likeness (QED) is 0.545. The van der Waals surface area contributed by atoms with Gasteiger partial charge in [0.25, 0.3) is 0 Å². The Hall–Kier alpha value is -0.660. The molecule has 3 nitrogen and oxygen atoms in total. The van der Waals surface area contributed by atoms with E-state index in [2.05, 4.69) is 23.5 Å². The zero-order valence-electron chi connectivity index (χ0n) is 11.3. The number of carbonyl (C=O) groups is 1. The van der Waals surface area contributed by atoms with Gasteiger partial charge in [0.05, 0.1) is 11.2 Å². The summed E-state index contributed by atoms with van der Waals surface area (Å²) in [6.07, 6.45) is 9.32. The lowest BCUT2D eigenvalue weighted by molar-refractivity contribution is -0.132. The Morgan fingerprint density at radius 3 is 3.06 bits per heavy atom. The summed E-state index contributed by atoms with van der Waals surface area (Å²) in [4.78, 5) is 12.3. The van der Waals surface area contributed by atoms with E-state index in [0.29, 0.717) is 0 Å². The molecule has 0 aromatic rings. The normalized spacial score (nSPS) is 23.3. The summed E-state index contributed by atoms with van der Waals surface area (Å²) < 4.78 is 0. The van der Waals surface area contributed by atoms with Gasteiger partial charge in [-0.1, -0.05) is 19.3 Å². The summed E-state index contributed by atoms with van der Waals surface area (Å²) in [5.41, 5.74) is -0.177. The molecule has 1 atom stereocenters. The first-order valence-electron chi connectivity index (χ1n) is 6.75. The zero-order chi connectivity index (χ0) is 13.3. The molecule has 1 heterocycles. The molecule has 1 rings (SSSR count). The van der Waals surface area contributed by atoms with E-state index in [-0.39, 0.29) is 11.3 Å². The summed E-state index contributed by atoms with van der Waals surface area (Å²) in [5, 5.41) is 6.43. The molecule has 1 saturated heterocycles. The van der Waals surface area contributed by atoms with Gasteiger partial charge >= 0.3 is 0 Å². The van der Waals surface area contributed by atoms with Gasteiger partial charge in [-0.3, -0.25) is 4.79 Å². The van der Waals surface area contributed by atoms with Gasteiger partial charge in [0.15, 0.2) is 0 Å². The second-order valence-corrected chi connectivity index (χ2v) is 5.93. The van der Waals surface area contributed by atoms with Gasteiger partial charge in [-0.25, -0.2) is 0 Å². The molecule has 2 N–H and O–H groups in total. The summed E-state index contributed by atoms with van der Waals surface area (Å²) in [6.45, 7) is 4.73. The molecule has 0 aliphatic carbocycles. The molecule has 4 heteroatoms. The summed E-state index contributed by atoms with van der Waals surface area (Å²) in [5.74, 6) is 4.42. The highest BCUT2D eigenvalue weighted by Crippen LogP contribution is 2.31. The predicted molar refractivity (Wildman–Crippen MR) is 78.6 cm³/mol. The van der Waals surface area contributed by atoms with Crippen LogP contribution in [0.25, 0.3) is 0 Å². The van der Waals surface area contributed by atoms with E-state index in [1.807, 2.05) is 0 Å². The molecule has 102 valence electrons. The first-order chi connectivity index (χ1) is 8.75. The van der Waals surface area contributed by atoms with Crippen molar-refractivity contribution in [1.29, 1.82) is 0 Å². The molecule has 0 bridgehead atoms. The van der Waals surface area contributed by atoms with Gasteiger partial charge in [0, 0.05) is 18.8 Å². The van der Waals surface area contributed by atoms with Crippen LogP contribution >= 0.6 is 11.8 Å². The first-order valence-corrected chi connectivity index (χ1v) is 7.91. The highest BCUT2D eigenvalue weighted by Gasteiger charge is 2.38. The SMILES string of the molecule is C#CCSCCNC(=O)C1(CCC)CCCNC1. The van der Waals surface area contributed by atoms with Crippen LogP contribution in [0.2, 0.25) is 0 Å². The maximum absolute atomic E-state index is 12.3. The van der Waals surface area contributed by atoms with Crippen molar-refractivity contribution in [2.45, 2.75) is 32.6 Å². The monoisotopic (exact) mass is 268 g/mol. The standard InChI is InChI=1S/C14H24N2OS/c1-3-6-14(7-5-8-15-12-14)13(17)16-9-11-18-10-4-2/h2,15H,3,5-12H2,1H3,(H,16,17). The third kappa shape index (κ3) is 4.55. The minimum Gasteiger partial charge on any atom is -0.355 e. The molecule has 1 fully saturated rings. The van der Waals surface area contributed by atoms with Gasteiger partial charge in [0.1, 0.15) is 0 Å². The zero-order valence-corrected chi connectivity index (χ0v) is 12.1. The Morgan fingerprint density at radius 1 is 1.61 bits per heavy atom. The average Bonchev–Trinajstić information content (AvgIpc) is 2.39. The third-order valence-corrected chi connectivity index (χ3v) is 4.26. The Labute approximate surface area is 115 Å². The van der Waals surface area contributed by atoms with E-state index in [0.717, 1.165) is 56.8 Å². The Bertz CT molecular complexity index is 287. The van der Waals surface area contributed by atoms with Crippen molar-refractivity contribution in [2.75, 3.05) is 31.1 Å². The fourth-order valence-corrected chi connectivity index (χ4v) is 3.03. The molecule has 0 spiro atoms. The molecule has 0 saturated carbocycles. The highest BCUT2D eigenvalue weighted by molar-refractivity contribution is 7.99. The molecule has 18 heavy (non-hydrogen) atoms. The maximum Gasteiger partial charge on any atom is 0.227 e. The van der Waals surface area contributed by atoms with Gasteiger partial charge in [-0.05, 0) is 25.8 Å². The smallest absolute Gasteiger partial charge is 0.227 e. The van der Waals surface area contributed by atoms with E-state index in [4.69, 9.17) is 6.42 Å². The fourth-order valence-electron chi connectivity index (χ4n) is 2.52. The Balaban J connectivity index is 2.37. The van der Waals surface area contributed by atoms with Crippen molar-refractivity contribution in [2.24, 2.45) is 5.41 Å². The first kappa shape index (κ1) is 15.4. The lowest BCUT2D eigenvalue weighted by atomic mass is 9.76. The van der Waals surface area contributed by atoms with Crippen LogP contribution in [0.4, 0.5) is 0 Å². The van der Waals surface area contributed by atoms with Crippen molar-refractivity contribution >= 4 is 17.7 Å². The van der Waals surface area contributed by atoms with Crippen molar-refractivity contribution in [1.82, 2.24) is 10.6 Å². The van der Waals surface area contributed by atoms with E-state index in [9.17, 15) is 4.79 Å². The topological polar surface area (TPSA) is 41.1 Å². The number of thioether (sulfide) groups is 1. The van der Waals surface area contributed by atoms with Crippen molar-refractivity contribution in [3.8, 4) is 12.3 Å². The molecule has 0 aromatic heterocycles. The molecule has 1 amide bonds. The van der Waals surface area contributed by atoms with Crippen LogP contribution in [0.5, 0.6) is 0 Å². The van der Waals surface area contributed by atoms with Crippen LogP contribution in [0, 0.1) is 17.8 Å². The Morgan fingerprint density at radius 2 is 2.44 bits per heavy atom. The average molecular weight is 268 g/mol. The van der Waals surface area contributed by atoms with Gasteiger partial charge in [-0.15, -0.1) is 18.2 Å². The minimum atomic E-state index is -0.177. The largest absolute Gasteiger partial charge is 0.355 e. The molecule has 1 unspecified atom stereocenters. The minimum absolute atomic E-state index is 0.177. The van der Waals surface area contributed by atoms with Crippen molar-refractivity contribution < 1.29 is 4.79 Å². The summed E-state index contributed by atoms with van der Waals surface area (Å²) in [6, 6.07) is 0. The number of piperidine rings is 1. The molecular weight excluding hydrogens is 244 g/mol. The van der Waals surface area contributed by atoms with Crippen LogP contribution in [-0.4, -0.2) is 37.0 Å². The van der Waals surface area contributed by atoms with Crippen LogP contribution in [0.1, 0.15) is 32.6 Å². The second-order valence-electron chi connectivity index (χ2n) is 4.82. The van der Waals surface area contributed by atoms with E-state index < -0.39 is 0 Å². The predicted octanol–water partition coefficient (Wildman–Crippen LogP) is 1.64. The van der Waals surface area contributed by atoms with Crippen molar-refractivity contribution in [3.63, 3.8) is 0 Å². The fraction of sp³-hybridized carbons (Fsp3) is 0.786. The number of terminal acetylenes is 1. The number of hydrogen-bond acceptors (Lipinski definition) is 3. The van der Waals surface area contributed by atoms with Crippen LogP contribution < -0.4 is 10.6 Å². The summed E-state index contributed by atoms with van der Waals surface area (Å²) in [7, 11) is 0. The molecular formula is C14H24N2OS. The second kappa shape index (κ2) is 8.44. The lowest BCUT2D eigenvalue weighted by Gasteiger charge is -2.36. The van der Waals surface area contributed by atoms with Crippen LogP contribution in [0.3, 0.4) is 0 Å². The number of carbonyl (C=O) groups excluding carboxylic acids is 1.